The van der Waals surface area contributed by atoms with Gasteiger partial charge in [-0.1, -0.05) is 36.7 Å². The second kappa shape index (κ2) is 6.03. The number of esters is 1. The number of halogens is 1. The van der Waals surface area contributed by atoms with Crippen LogP contribution in [0.4, 0.5) is 0 Å². The molecule has 1 N–H and O–H groups in total. The van der Waals surface area contributed by atoms with Crippen molar-refractivity contribution in [3.05, 3.63) is 34.9 Å². The summed E-state index contributed by atoms with van der Waals surface area (Å²) in [5.41, 5.74) is 0.144. The van der Waals surface area contributed by atoms with E-state index >= 15 is 0 Å². The molecule has 3 nitrogen and oxygen atoms in total. The van der Waals surface area contributed by atoms with Crippen molar-refractivity contribution in [1.82, 2.24) is 5.32 Å². The molecule has 1 aromatic rings. The van der Waals surface area contributed by atoms with E-state index in [9.17, 15) is 4.79 Å². The summed E-state index contributed by atoms with van der Waals surface area (Å²) >= 11 is 5.98. The second-order valence-corrected chi connectivity index (χ2v) is 4.73. The molecule has 0 bridgehead atoms. The topological polar surface area (TPSA) is 38.3 Å². The van der Waals surface area contributed by atoms with Crippen LogP contribution in [0.2, 0.25) is 5.02 Å². The van der Waals surface area contributed by atoms with E-state index in [1.165, 1.54) is 0 Å². The minimum atomic E-state index is -0.671. The smallest absolute Gasteiger partial charge is 0.326 e. The van der Waals surface area contributed by atoms with Gasteiger partial charge in [-0.2, -0.15) is 0 Å². The molecule has 0 aliphatic carbocycles. The molecular formula is C13H18ClNO2. The highest BCUT2D eigenvalue weighted by molar-refractivity contribution is 6.31. The van der Waals surface area contributed by atoms with E-state index in [4.69, 9.17) is 16.3 Å². The standard InChI is InChI=1S/C13H18ClNO2/c1-4-15-13(2,3)12(16)17-9-10-7-5-6-8-11(10)14/h5-8,15H,4,9H2,1-3H3. The first-order valence-corrected chi connectivity index (χ1v) is 6.01. The van der Waals surface area contributed by atoms with Gasteiger partial charge in [0.25, 0.3) is 0 Å². The zero-order valence-corrected chi connectivity index (χ0v) is 11.2. The molecule has 0 heterocycles. The lowest BCUT2D eigenvalue weighted by atomic mass is 10.1. The predicted octanol–water partition coefficient (Wildman–Crippen LogP) is 2.77. The van der Waals surface area contributed by atoms with Gasteiger partial charge in [-0.3, -0.25) is 4.79 Å². The Balaban J connectivity index is 2.57. The van der Waals surface area contributed by atoms with Gasteiger partial charge in [-0.15, -0.1) is 0 Å². The number of benzene rings is 1. The summed E-state index contributed by atoms with van der Waals surface area (Å²) in [6, 6.07) is 7.33. The summed E-state index contributed by atoms with van der Waals surface area (Å²) in [5, 5.41) is 3.68. The molecule has 0 radical (unpaired) electrons. The molecule has 0 atom stereocenters. The Hall–Kier alpha value is -1.06. The van der Waals surface area contributed by atoms with E-state index in [0.717, 1.165) is 5.56 Å². The Bertz CT molecular complexity index is 391. The van der Waals surface area contributed by atoms with Crippen LogP contribution in [0.3, 0.4) is 0 Å². The molecule has 0 aromatic heterocycles. The van der Waals surface area contributed by atoms with Gasteiger partial charge >= 0.3 is 5.97 Å². The van der Waals surface area contributed by atoms with Crippen LogP contribution in [-0.4, -0.2) is 18.1 Å². The zero-order valence-electron chi connectivity index (χ0n) is 10.4. The molecule has 0 amide bonds. The Labute approximate surface area is 107 Å². The first-order chi connectivity index (χ1) is 7.97. The van der Waals surface area contributed by atoms with Gasteiger partial charge in [0.1, 0.15) is 12.1 Å². The summed E-state index contributed by atoms with van der Waals surface area (Å²) in [6.07, 6.45) is 0. The molecule has 0 saturated carbocycles. The summed E-state index contributed by atoms with van der Waals surface area (Å²) in [5.74, 6) is -0.278. The molecule has 0 unspecified atom stereocenters. The Morgan fingerprint density at radius 1 is 1.41 bits per heavy atom. The van der Waals surface area contributed by atoms with Crippen LogP contribution >= 0.6 is 11.6 Å². The average Bonchev–Trinajstić information content (AvgIpc) is 2.27. The van der Waals surface area contributed by atoms with Gasteiger partial charge in [-0.25, -0.2) is 0 Å². The van der Waals surface area contributed by atoms with E-state index in [1.54, 1.807) is 19.9 Å². The summed E-state index contributed by atoms with van der Waals surface area (Å²) < 4.78 is 5.24. The number of hydrogen-bond acceptors (Lipinski definition) is 3. The van der Waals surface area contributed by atoms with Crippen molar-refractivity contribution in [2.75, 3.05) is 6.54 Å². The van der Waals surface area contributed by atoms with Crippen molar-refractivity contribution < 1.29 is 9.53 Å². The van der Waals surface area contributed by atoms with E-state index in [1.807, 2.05) is 25.1 Å². The van der Waals surface area contributed by atoms with Crippen molar-refractivity contribution in [2.45, 2.75) is 32.9 Å². The van der Waals surface area contributed by atoms with Crippen LogP contribution in [0.1, 0.15) is 26.3 Å². The quantitative estimate of drug-likeness (QED) is 0.823. The third kappa shape index (κ3) is 4.02. The maximum Gasteiger partial charge on any atom is 0.326 e. The van der Waals surface area contributed by atoms with Crippen molar-refractivity contribution >= 4 is 17.6 Å². The number of carbonyl (C=O) groups excluding carboxylic acids is 1. The normalized spacial score (nSPS) is 11.3. The van der Waals surface area contributed by atoms with Gasteiger partial charge in [0.2, 0.25) is 0 Å². The fourth-order valence-electron chi connectivity index (χ4n) is 1.45. The highest BCUT2D eigenvalue weighted by Gasteiger charge is 2.27. The van der Waals surface area contributed by atoms with Crippen molar-refractivity contribution in [1.29, 1.82) is 0 Å². The highest BCUT2D eigenvalue weighted by Crippen LogP contribution is 2.16. The SMILES string of the molecule is CCNC(C)(C)C(=O)OCc1ccccc1Cl. The Kier molecular flexibility index (Phi) is 4.97. The maximum atomic E-state index is 11.8. The average molecular weight is 256 g/mol. The van der Waals surface area contributed by atoms with Gasteiger partial charge in [0.15, 0.2) is 0 Å². The lowest BCUT2D eigenvalue weighted by Crippen LogP contribution is -2.47. The van der Waals surface area contributed by atoms with E-state index in [-0.39, 0.29) is 12.6 Å². The number of carbonyl (C=O) groups is 1. The maximum absolute atomic E-state index is 11.8. The molecule has 4 heteroatoms. The zero-order chi connectivity index (χ0) is 12.9. The van der Waals surface area contributed by atoms with Crippen molar-refractivity contribution in [2.24, 2.45) is 0 Å². The van der Waals surface area contributed by atoms with Crippen molar-refractivity contribution in [3.8, 4) is 0 Å². The number of nitrogens with one attached hydrogen (secondary N) is 1. The van der Waals surface area contributed by atoms with Crippen LogP contribution in [0.5, 0.6) is 0 Å². The molecule has 0 spiro atoms. The molecule has 94 valence electrons. The fraction of sp³-hybridized carbons (Fsp3) is 0.462. The molecule has 17 heavy (non-hydrogen) atoms. The van der Waals surface area contributed by atoms with Gasteiger partial charge < -0.3 is 10.1 Å². The molecule has 1 rings (SSSR count). The first-order valence-electron chi connectivity index (χ1n) is 5.63. The molecule has 0 aliphatic rings. The van der Waals surface area contributed by atoms with Gasteiger partial charge in [-0.05, 0) is 26.5 Å². The van der Waals surface area contributed by atoms with Gasteiger partial charge in [0, 0.05) is 10.6 Å². The van der Waals surface area contributed by atoms with Crippen LogP contribution in [-0.2, 0) is 16.1 Å². The second-order valence-electron chi connectivity index (χ2n) is 4.32. The first kappa shape index (κ1) is 14.0. The number of likely N-dealkylation sites (N-methyl/N-ethyl adjacent to an activating group) is 1. The van der Waals surface area contributed by atoms with Crippen LogP contribution < -0.4 is 5.32 Å². The van der Waals surface area contributed by atoms with Gasteiger partial charge in [0.05, 0.1) is 0 Å². The summed E-state index contributed by atoms with van der Waals surface area (Å²) in [4.78, 5) is 11.8. The minimum absolute atomic E-state index is 0.202. The van der Waals surface area contributed by atoms with E-state index < -0.39 is 5.54 Å². The third-order valence-corrected chi connectivity index (χ3v) is 2.81. The van der Waals surface area contributed by atoms with Crippen LogP contribution in [0.15, 0.2) is 24.3 Å². The molecular weight excluding hydrogens is 238 g/mol. The van der Waals surface area contributed by atoms with Crippen LogP contribution in [0.25, 0.3) is 0 Å². The van der Waals surface area contributed by atoms with E-state index in [2.05, 4.69) is 5.32 Å². The van der Waals surface area contributed by atoms with Crippen LogP contribution in [0, 0.1) is 0 Å². The molecule has 0 aliphatic heterocycles. The highest BCUT2D eigenvalue weighted by atomic mass is 35.5. The van der Waals surface area contributed by atoms with Crippen molar-refractivity contribution in [3.63, 3.8) is 0 Å². The lowest BCUT2D eigenvalue weighted by molar-refractivity contribution is -0.151. The largest absolute Gasteiger partial charge is 0.459 e. The lowest BCUT2D eigenvalue weighted by Gasteiger charge is -2.23. The molecule has 1 aromatic carbocycles. The number of ether oxygens (including phenoxy) is 1. The summed E-state index contributed by atoms with van der Waals surface area (Å²) in [7, 11) is 0. The summed E-state index contributed by atoms with van der Waals surface area (Å²) in [6.45, 7) is 6.46. The molecule has 0 saturated heterocycles. The fourth-order valence-corrected chi connectivity index (χ4v) is 1.64. The number of rotatable bonds is 5. The number of hydrogen-bond donors (Lipinski definition) is 1. The molecule has 0 fully saturated rings. The third-order valence-electron chi connectivity index (χ3n) is 2.45. The monoisotopic (exact) mass is 255 g/mol. The minimum Gasteiger partial charge on any atom is -0.459 e. The predicted molar refractivity (Wildman–Crippen MR) is 69.0 cm³/mol. The van der Waals surface area contributed by atoms with E-state index in [0.29, 0.717) is 11.6 Å². The Morgan fingerprint density at radius 2 is 2.06 bits per heavy atom. The Morgan fingerprint density at radius 3 is 2.65 bits per heavy atom.